The largest absolute Gasteiger partial charge is 0.508 e. The quantitative estimate of drug-likeness (QED) is 0.0969. The van der Waals surface area contributed by atoms with Gasteiger partial charge in [0.2, 0.25) is 0 Å². The summed E-state index contributed by atoms with van der Waals surface area (Å²) in [5, 5.41) is 76.9. The van der Waals surface area contributed by atoms with E-state index in [2.05, 4.69) is 0 Å². The number of ether oxygens (including phenoxy) is 2. The van der Waals surface area contributed by atoms with Gasteiger partial charge in [-0.3, -0.25) is 9.59 Å². The number of phenols is 8. The lowest BCUT2D eigenvalue weighted by molar-refractivity contribution is -0.136. The van der Waals surface area contributed by atoms with Gasteiger partial charge in [-0.25, -0.2) is 0 Å². The van der Waals surface area contributed by atoms with Crippen molar-refractivity contribution in [2.45, 2.75) is 24.7 Å². The highest BCUT2D eigenvalue weighted by Gasteiger charge is 2.33. The van der Waals surface area contributed by atoms with E-state index in [0.717, 1.165) is 12.1 Å². The maximum atomic E-state index is 11.7. The molecule has 6 rings (SSSR count). The molecule has 8 N–H and O–H groups in total. The van der Waals surface area contributed by atoms with Gasteiger partial charge < -0.3 is 50.3 Å². The lowest BCUT2D eigenvalue weighted by atomic mass is 9.85. The van der Waals surface area contributed by atoms with E-state index in [1.807, 2.05) is 0 Å². The van der Waals surface area contributed by atoms with Gasteiger partial charge in [0, 0.05) is 47.2 Å². The number of benzene rings is 4. The molecule has 2 aliphatic heterocycles. The summed E-state index contributed by atoms with van der Waals surface area (Å²) >= 11 is 0. The Balaban J connectivity index is 0.000000168. The predicted molar refractivity (Wildman–Crippen MR) is 143 cm³/mol. The molecule has 2 aliphatic rings. The minimum Gasteiger partial charge on any atom is -0.508 e. The summed E-state index contributed by atoms with van der Waals surface area (Å²) in [5.41, 5.74) is 1.81. The van der Waals surface area contributed by atoms with Crippen LogP contribution in [-0.4, -0.2) is 52.8 Å². The van der Waals surface area contributed by atoms with Crippen molar-refractivity contribution in [1.82, 2.24) is 0 Å². The monoisotopic (exact) mass is 576 g/mol. The summed E-state index contributed by atoms with van der Waals surface area (Å²) in [6.07, 6.45) is -0.0366. The molecule has 0 saturated carbocycles. The molecular formula is C30H24O12. The van der Waals surface area contributed by atoms with Crippen LogP contribution in [0.5, 0.6) is 57.5 Å². The van der Waals surface area contributed by atoms with Gasteiger partial charge in [0.25, 0.3) is 0 Å². The minimum absolute atomic E-state index is 0.0183. The van der Waals surface area contributed by atoms with Crippen LogP contribution < -0.4 is 9.47 Å². The van der Waals surface area contributed by atoms with Crippen molar-refractivity contribution in [2.24, 2.45) is 0 Å². The normalized spacial score (nSPS) is 17.1. The third-order valence-electron chi connectivity index (χ3n) is 6.90. The van der Waals surface area contributed by atoms with Crippen molar-refractivity contribution >= 4 is 11.9 Å². The maximum absolute atomic E-state index is 11.7. The number of esters is 2. The molecule has 0 unspecified atom stereocenters. The van der Waals surface area contributed by atoms with Crippen LogP contribution in [0.1, 0.15) is 46.9 Å². The Morgan fingerprint density at radius 1 is 0.476 bits per heavy atom. The molecule has 42 heavy (non-hydrogen) atoms. The molecule has 216 valence electrons. The Bertz CT molecular complexity index is 1600. The van der Waals surface area contributed by atoms with Crippen LogP contribution in [0.25, 0.3) is 0 Å². The standard InChI is InChI=1S/2C15H12O6/c2*16-8-4-12(19)15-9(6-14(20)21-13(15)5-8)7-1-2-10(17)11(18)3-7/h2*1-5,9,16-19H,6H2/t2*9-/m10/s1. The van der Waals surface area contributed by atoms with E-state index in [1.54, 1.807) is 12.1 Å². The molecular weight excluding hydrogens is 552 g/mol. The third-order valence-corrected chi connectivity index (χ3v) is 6.90. The molecule has 0 saturated heterocycles. The van der Waals surface area contributed by atoms with Gasteiger partial charge >= 0.3 is 11.9 Å². The molecule has 0 bridgehead atoms. The van der Waals surface area contributed by atoms with E-state index in [1.165, 1.54) is 36.4 Å². The molecule has 0 fully saturated rings. The Morgan fingerprint density at radius 3 is 1.21 bits per heavy atom. The SMILES string of the molecule is O=C1C[C@@H](c2ccc(O)c(O)c2)c2c(O)cc(O)cc2O1.O=C1C[C@H](c2ccc(O)c(O)c2)c2c(O)cc(O)cc2O1. The number of hydrogen-bond acceptors (Lipinski definition) is 12. The molecule has 0 amide bonds. The van der Waals surface area contributed by atoms with E-state index >= 15 is 0 Å². The highest BCUT2D eigenvalue weighted by atomic mass is 16.5. The van der Waals surface area contributed by atoms with Crippen LogP contribution in [0, 0.1) is 0 Å². The molecule has 2 atom stereocenters. The zero-order valence-corrected chi connectivity index (χ0v) is 21.6. The highest BCUT2D eigenvalue weighted by Crippen LogP contribution is 2.48. The number of carbonyl (C=O) groups excluding carboxylic acids is 2. The highest BCUT2D eigenvalue weighted by molar-refractivity contribution is 5.80. The molecule has 0 aromatic heterocycles. The molecule has 2 heterocycles. The van der Waals surface area contributed by atoms with Crippen molar-refractivity contribution in [1.29, 1.82) is 0 Å². The predicted octanol–water partition coefficient (Wildman–Crippen LogP) is 3.90. The summed E-state index contributed by atoms with van der Waals surface area (Å²) in [6.45, 7) is 0. The summed E-state index contributed by atoms with van der Waals surface area (Å²) < 4.78 is 10.1. The number of aromatic hydroxyl groups is 8. The molecule has 0 spiro atoms. The van der Waals surface area contributed by atoms with Crippen molar-refractivity contribution < 1.29 is 59.9 Å². The van der Waals surface area contributed by atoms with Gasteiger partial charge in [0.05, 0.1) is 12.8 Å². The fourth-order valence-electron chi connectivity index (χ4n) is 5.01. The summed E-state index contributed by atoms with van der Waals surface area (Å²) in [5.74, 6) is -3.91. The first-order valence-corrected chi connectivity index (χ1v) is 12.5. The number of phenolic OH excluding ortho intramolecular Hbond substituents is 8. The van der Waals surface area contributed by atoms with Crippen LogP contribution in [-0.2, 0) is 9.59 Å². The Labute approximate surface area is 237 Å². The molecule has 12 nitrogen and oxygen atoms in total. The van der Waals surface area contributed by atoms with E-state index in [-0.39, 0.29) is 70.3 Å². The Kier molecular flexibility index (Phi) is 7.05. The van der Waals surface area contributed by atoms with Crippen molar-refractivity contribution in [3.8, 4) is 57.5 Å². The second-order valence-corrected chi connectivity index (χ2v) is 9.71. The number of hydrogen-bond donors (Lipinski definition) is 8. The fraction of sp³-hybridized carbons (Fsp3) is 0.133. The summed E-state index contributed by atoms with van der Waals surface area (Å²) in [6, 6.07) is 13.2. The molecule has 4 aromatic rings. The first-order valence-electron chi connectivity index (χ1n) is 12.5. The second-order valence-electron chi connectivity index (χ2n) is 9.71. The summed E-state index contributed by atoms with van der Waals surface area (Å²) in [7, 11) is 0. The lowest BCUT2D eigenvalue weighted by Crippen LogP contribution is -2.21. The van der Waals surface area contributed by atoms with Crippen molar-refractivity contribution in [2.75, 3.05) is 0 Å². The topological polar surface area (TPSA) is 214 Å². The molecule has 12 heteroatoms. The number of rotatable bonds is 2. The number of fused-ring (bicyclic) bond motifs is 2. The summed E-state index contributed by atoms with van der Waals surface area (Å²) in [4.78, 5) is 23.4. The van der Waals surface area contributed by atoms with E-state index < -0.39 is 23.8 Å². The molecule has 0 aliphatic carbocycles. The first-order chi connectivity index (χ1) is 19.9. The van der Waals surface area contributed by atoms with Gasteiger partial charge in [-0.15, -0.1) is 0 Å². The second kappa shape index (κ2) is 10.7. The fourth-order valence-corrected chi connectivity index (χ4v) is 5.01. The van der Waals surface area contributed by atoms with Gasteiger partial charge in [-0.1, -0.05) is 12.1 Å². The minimum atomic E-state index is -0.534. The molecule has 0 radical (unpaired) electrons. The number of carbonyl (C=O) groups is 2. The van der Waals surface area contributed by atoms with E-state index in [9.17, 15) is 50.4 Å². The first kappa shape index (κ1) is 27.8. The van der Waals surface area contributed by atoms with Crippen LogP contribution in [0.3, 0.4) is 0 Å². The third kappa shape index (κ3) is 5.32. The zero-order chi connectivity index (χ0) is 30.3. The zero-order valence-electron chi connectivity index (χ0n) is 21.6. The average Bonchev–Trinajstić information content (AvgIpc) is 2.90. The van der Waals surface area contributed by atoms with Gasteiger partial charge in [-0.2, -0.15) is 0 Å². The van der Waals surface area contributed by atoms with Crippen LogP contribution in [0.15, 0.2) is 60.7 Å². The van der Waals surface area contributed by atoms with Gasteiger partial charge in [0.15, 0.2) is 23.0 Å². The van der Waals surface area contributed by atoms with Crippen molar-refractivity contribution in [3.63, 3.8) is 0 Å². The van der Waals surface area contributed by atoms with Crippen molar-refractivity contribution in [3.05, 3.63) is 82.9 Å². The smallest absolute Gasteiger partial charge is 0.312 e. The van der Waals surface area contributed by atoms with Crippen LogP contribution >= 0.6 is 0 Å². The maximum Gasteiger partial charge on any atom is 0.312 e. The Morgan fingerprint density at radius 2 is 0.857 bits per heavy atom. The lowest BCUT2D eigenvalue weighted by Gasteiger charge is -2.26. The van der Waals surface area contributed by atoms with E-state index in [0.29, 0.717) is 22.3 Å². The van der Waals surface area contributed by atoms with Gasteiger partial charge in [-0.05, 0) is 35.4 Å². The van der Waals surface area contributed by atoms with Crippen LogP contribution in [0.4, 0.5) is 0 Å². The van der Waals surface area contributed by atoms with E-state index in [4.69, 9.17) is 9.47 Å². The molecule has 4 aromatic carbocycles. The van der Waals surface area contributed by atoms with Crippen LogP contribution in [0.2, 0.25) is 0 Å². The average molecular weight is 577 g/mol. The Hall–Kier alpha value is -5.78. The van der Waals surface area contributed by atoms with Gasteiger partial charge in [0.1, 0.15) is 34.5 Å².